The number of aromatic nitrogens is 2. The summed E-state index contributed by atoms with van der Waals surface area (Å²) in [6, 6.07) is 6.96. The zero-order valence-corrected chi connectivity index (χ0v) is 11.5. The summed E-state index contributed by atoms with van der Waals surface area (Å²) < 4.78 is 1.65. The van der Waals surface area contributed by atoms with Crippen LogP contribution in [0, 0.1) is 0 Å². The molecule has 0 saturated heterocycles. The average Bonchev–Trinajstić information content (AvgIpc) is 2.36. The minimum Gasteiger partial charge on any atom is -0.322 e. The molecule has 98 valence electrons. The number of hydrogen-bond acceptors (Lipinski definition) is 3. The lowest BCUT2D eigenvalue weighted by molar-refractivity contribution is 0.102. The van der Waals surface area contributed by atoms with Crippen LogP contribution in [-0.4, -0.2) is 15.5 Å². The number of nitrogens with zero attached hydrogens (tertiary/aromatic N) is 1. The molecular formula is C12H10BrN3O3. The molecule has 2 aromatic rings. The number of nitrogens with one attached hydrogen (secondary N) is 2. The van der Waals surface area contributed by atoms with E-state index in [1.54, 1.807) is 18.2 Å². The van der Waals surface area contributed by atoms with Gasteiger partial charge in [0, 0.05) is 23.4 Å². The standard InChI is InChI=1S/C12H10BrN3O3/c1-16-11(18)9(6-14-12(16)19)10(17)15-8-4-2-3-7(13)5-8/h2-6H,1H3,(H,14,19)(H,15,17). The van der Waals surface area contributed by atoms with Gasteiger partial charge in [0.1, 0.15) is 5.56 Å². The number of halogens is 1. The Hall–Kier alpha value is -2.15. The summed E-state index contributed by atoms with van der Waals surface area (Å²) in [6.07, 6.45) is 1.11. The van der Waals surface area contributed by atoms with Crippen molar-refractivity contribution in [2.24, 2.45) is 7.05 Å². The predicted octanol–water partition coefficient (Wildman–Crippen LogP) is 1.09. The van der Waals surface area contributed by atoms with Crippen LogP contribution in [0.1, 0.15) is 10.4 Å². The topological polar surface area (TPSA) is 84.0 Å². The SMILES string of the molecule is Cn1c(=O)[nH]cc(C(=O)Nc2cccc(Br)c2)c1=O. The molecule has 0 aliphatic carbocycles. The van der Waals surface area contributed by atoms with E-state index >= 15 is 0 Å². The number of hydrogen-bond donors (Lipinski definition) is 2. The number of carbonyl (C=O) groups excluding carboxylic acids is 1. The van der Waals surface area contributed by atoms with E-state index in [-0.39, 0.29) is 5.56 Å². The van der Waals surface area contributed by atoms with Gasteiger partial charge in [0.15, 0.2) is 0 Å². The van der Waals surface area contributed by atoms with Gasteiger partial charge in [-0.15, -0.1) is 0 Å². The van der Waals surface area contributed by atoms with Crippen molar-refractivity contribution in [1.29, 1.82) is 0 Å². The van der Waals surface area contributed by atoms with E-state index in [2.05, 4.69) is 26.2 Å². The Morgan fingerprint density at radius 1 is 1.37 bits per heavy atom. The monoisotopic (exact) mass is 323 g/mol. The lowest BCUT2D eigenvalue weighted by atomic mass is 10.2. The summed E-state index contributed by atoms with van der Waals surface area (Å²) in [4.78, 5) is 37.2. The minimum atomic E-state index is -0.642. The van der Waals surface area contributed by atoms with Gasteiger partial charge in [-0.2, -0.15) is 0 Å². The summed E-state index contributed by atoms with van der Waals surface area (Å²) in [5.41, 5.74) is -0.782. The molecule has 0 aliphatic heterocycles. The van der Waals surface area contributed by atoms with Gasteiger partial charge in [0.05, 0.1) is 0 Å². The highest BCUT2D eigenvalue weighted by Crippen LogP contribution is 2.15. The van der Waals surface area contributed by atoms with Crippen LogP contribution in [0.5, 0.6) is 0 Å². The summed E-state index contributed by atoms with van der Waals surface area (Å²) in [6.45, 7) is 0. The van der Waals surface area contributed by atoms with Crippen LogP contribution in [0.3, 0.4) is 0 Å². The molecule has 0 atom stereocenters. The lowest BCUT2D eigenvalue weighted by Gasteiger charge is -2.05. The van der Waals surface area contributed by atoms with Crippen molar-refractivity contribution in [3.8, 4) is 0 Å². The number of rotatable bonds is 2. The molecule has 6 nitrogen and oxygen atoms in total. The smallest absolute Gasteiger partial charge is 0.322 e. The Kier molecular flexibility index (Phi) is 3.66. The molecule has 0 fully saturated rings. The van der Waals surface area contributed by atoms with E-state index in [1.807, 2.05) is 6.07 Å². The third-order valence-corrected chi connectivity index (χ3v) is 3.00. The second kappa shape index (κ2) is 5.23. The van der Waals surface area contributed by atoms with Crippen molar-refractivity contribution >= 4 is 27.5 Å². The first-order valence-corrected chi connectivity index (χ1v) is 6.14. The molecular weight excluding hydrogens is 314 g/mol. The molecule has 1 amide bonds. The highest BCUT2D eigenvalue weighted by atomic mass is 79.9. The van der Waals surface area contributed by atoms with Crippen LogP contribution in [0.15, 0.2) is 44.5 Å². The van der Waals surface area contributed by atoms with Gasteiger partial charge in [0.2, 0.25) is 0 Å². The van der Waals surface area contributed by atoms with Crippen LogP contribution >= 0.6 is 15.9 Å². The van der Waals surface area contributed by atoms with Crippen LogP contribution in [-0.2, 0) is 7.05 Å². The molecule has 1 aromatic heterocycles. The maximum Gasteiger partial charge on any atom is 0.328 e. The van der Waals surface area contributed by atoms with E-state index in [0.717, 1.165) is 15.2 Å². The van der Waals surface area contributed by atoms with Crippen molar-refractivity contribution in [1.82, 2.24) is 9.55 Å². The molecule has 0 radical (unpaired) electrons. The summed E-state index contributed by atoms with van der Waals surface area (Å²) in [5, 5.41) is 2.58. The van der Waals surface area contributed by atoms with Gasteiger partial charge in [-0.3, -0.25) is 14.2 Å². The second-order valence-corrected chi connectivity index (χ2v) is 4.75. The maximum atomic E-state index is 11.9. The van der Waals surface area contributed by atoms with E-state index in [0.29, 0.717) is 5.69 Å². The fourth-order valence-corrected chi connectivity index (χ4v) is 1.89. The van der Waals surface area contributed by atoms with Crippen molar-refractivity contribution < 1.29 is 4.79 Å². The van der Waals surface area contributed by atoms with Crippen LogP contribution in [0.2, 0.25) is 0 Å². The molecule has 0 bridgehead atoms. The molecule has 1 aromatic carbocycles. The molecule has 2 rings (SSSR count). The first kappa shape index (κ1) is 13.3. The van der Waals surface area contributed by atoms with Gasteiger partial charge in [-0.05, 0) is 18.2 Å². The first-order valence-electron chi connectivity index (χ1n) is 5.34. The van der Waals surface area contributed by atoms with Crippen LogP contribution in [0.4, 0.5) is 5.69 Å². The third-order valence-electron chi connectivity index (χ3n) is 2.51. The largest absolute Gasteiger partial charge is 0.328 e. The van der Waals surface area contributed by atoms with E-state index in [9.17, 15) is 14.4 Å². The second-order valence-electron chi connectivity index (χ2n) is 3.84. The Morgan fingerprint density at radius 2 is 2.11 bits per heavy atom. The fraction of sp³-hybridized carbons (Fsp3) is 0.0833. The summed E-state index contributed by atoms with van der Waals surface area (Å²) in [7, 11) is 1.30. The van der Waals surface area contributed by atoms with Crippen molar-refractivity contribution in [3.63, 3.8) is 0 Å². The number of benzene rings is 1. The molecule has 0 unspecified atom stereocenters. The van der Waals surface area contributed by atoms with Gasteiger partial charge in [-0.1, -0.05) is 22.0 Å². The molecule has 0 aliphatic rings. The third kappa shape index (κ3) is 2.82. The molecule has 2 N–H and O–H groups in total. The van der Waals surface area contributed by atoms with Gasteiger partial charge in [-0.25, -0.2) is 4.79 Å². The Labute approximate surface area is 116 Å². The Morgan fingerprint density at radius 3 is 2.79 bits per heavy atom. The average molecular weight is 324 g/mol. The zero-order valence-electron chi connectivity index (χ0n) is 9.94. The quantitative estimate of drug-likeness (QED) is 0.867. The predicted molar refractivity (Wildman–Crippen MR) is 74.4 cm³/mol. The lowest BCUT2D eigenvalue weighted by Crippen LogP contribution is -2.37. The van der Waals surface area contributed by atoms with Crippen molar-refractivity contribution in [2.45, 2.75) is 0 Å². The molecule has 7 heteroatoms. The normalized spacial score (nSPS) is 10.2. The summed E-state index contributed by atoms with van der Waals surface area (Å²) >= 11 is 3.28. The highest BCUT2D eigenvalue weighted by Gasteiger charge is 2.13. The fourth-order valence-electron chi connectivity index (χ4n) is 1.49. The van der Waals surface area contributed by atoms with Gasteiger partial charge in [0.25, 0.3) is 11.5 Å². The number of carbonyl (C=O) groups is 1. The first-order chi connectivity index (χ1) is 8.99. The number of amides is 1. The minimum absolute atomic E-state index is 0.123. The zero-order chi connectivity index (χ0) is 14.0. The molecule has 1 heterocycles. The highest BCUT2D eigenvalue weighted by molar-refractivity contribution is 9.10. The van der Waals surface area contributed by atoms with E-state index in [1.165, 1.54) is 7.05 Å². The van der Waals surface area contributed by atoms with Gasteiger partial charge >= 0.3 is 5.69 Å². The maximum absolute atomic E-state index is 11.9. The Bertz CT molecular complexity index is 748. The van der Waals surface area contributed by atoms with Crippen LogP contribution < -0.4 is 16.6 Å². The summed E-state index contributed by atoms with van der Waals surface area (Å²) in [5.74, 6) is -0.574. The van der Waals surface area contributed by atoms with E-state index in [4.69, 9.17) is 0 Å². The Balaban J connectivity index is 2.34. The number of anilines is 1. The van der Waals surface area contributed by atoms with Gasteiger partial charge < -0.3 is 10.3 Å². The molecule has 19 heavy (non-hydrogen) atoms. The number of aromatic amines is 1. The number of H-pyrrole nitrogens is 1. The molecule has 0 spiro atoms. The van der Waals surface area contributed by atoms with Crippen molar-refractivity contribution in [2.75, 3.05) is 5.32 Å². The van der Waals surface area contributed by atoms with Crippen molar-refractivity contribution in [3.05, 3.63) is 61.3 Å². The molecule has 0 saturated carbocycles. The van der Waals surface area contributed by atoms with Crippen LogP contribution in [0.25, 0.3) is 0 Å². The van der Waals surface area contributed by atoms with E-state index < -0.39 is 17.2 Å².